The molecule has 8 heteroatoms. The van der Waals surface area contributed by atoms with Crippen LogP contribution in [0.3, 0.4) is 0 Å². The highest BCUT2D eigenvalue weighted by molar-refractivity contribution is 6.00. The van der Waals surface area contributed by atoms with Crippen LogP contribution in [0, 0.1) is 22.7 Å². The molecule has 0 spiro atoms. The third kappa shape index (κ3) is 3.70. The molecule has 0 aliphatic heterocycles. The van der Waals surface area contributed by atoms with E-state index in [-0.39, 0.29) is 25.2 Å². The molecule has 8 nitrogen and oxygen atoms in total. The standard InChI is InChI=1S/C27H44O8/c1-22(2,32)9-8-20(30)25(5,33)19-7-11-26(34)16-12-21(31)27(35)14-18(29)17(28)13-24(27,4)15(16)6-10-23(19,26)3/h12,15,17-20,28-30,32-35H,6-11,13-14H2,1-5H3/t15?,17-,18+,19?,20+,23+,24+,25?,26+,27+/m0/s1. The average Bonchev–Trinajstić information content (AvgIpc) is 3.01. The van der Waals surface area contributed by atoms with E-state index in [9.17, 15) is 40.5 Å². The first kappa shape index (κ1) is 27.2. The fourth-order valence-corrected chi connectivity index (χ4v) is 8.31. The minimum absolute atomic E-state index is 0.0437. The van der Waals surface area contributed by atoms with Gasteiger partial charge in [0.2, 0.25) is 0 Å². The molecule has 0 saturated heterocycles. The molecule has 7 N–H and O–H groups in total. The predicted octanol–water partition coefficient (Wildman–Crippen LogP) is 0.969. The lowest BCUT2D eigenvalue weighted by Gasteiger charge is -2.62. The van der Waals surface area contributed by atoms with Crippen molar-refractivity contribution >= 4 is 5.78 Å². The average molecular weight is 497 g/mol. The lowest BCUT2D eigenvalue weighted by atomic mass is 9.44. The molecular formula is C27H44O8. The van der Waals surface area contributed by atoms with Gasteiger partial charge in [-0.2, -0.15) is 0 Å². The molecule has 35 heavy (non-hydrogen) atoms. The van der Waals surface area contributed by atoms with E-state index in [2.05, 4.69) is 0 Å². The minimum Gasteiger partial charge on any atom is -0.390 e. The van der Waals surface area contributed by atoms with E-state index in [0.717, 1.165) is 0 Å². The summed E-state index contributed by atoms with van der Waals surface area (Å²) < 4.78 is 0. The summed E-state index contributed by atoms with van der Waals surface area (Å²) >= 11 is 0. The largest absolute Gasteiger partial charge is 0.390 e. The first-order valence-corrected chi connectivity index (χ1v) is 13.0. The third-order valence-corrected chi connectivity index (χ3v) is 10.7. The van der Waals surface area contributed by atoms with E-state index in [1.165, 1.54) is 6.08 Å². The fourth-order valence-electron chi connectivity index (χ4n) is 8.31. The SMILES string of the molecule is CC(C)(O)CC[C@@H](O)C(C)(O)C1CC[C@@]2(O)C3=CC(=O)[C@]4(O)C[C@@H](O)[C@@H](O)C[C@]4(C)C3CC[C@]12C. The molecule has 0 amide bonds. The smallest absolute Gasteiger partial charge is 0.187 e. The van der Waals surface area contributed by atoms with E-state index >= 15 is 0 Å². The topological polar surface area (TPSA) is 159 Å². The maximum atomic E-state index is 13.3. The van der Waals surface area contributed by atoms with Gasteiger partial charge in [0.1, 0.15) is 5.60 Å². The van der Waals surface area contributed by atoms with Gasteiger partial charge < -0.3 is 35.7 Å². The summed E-state index contributed by atoms with van der Waals surface area (Å²) in [5, 5.41) is 77.0. The van der Waals surface area contributed by atoms with Crippen molar-refractivity contribution in [3.63, 3.8) is 0 Å². The Morgan fingerprint density at radius 3 is 2.17 bits per heavy atom. The number of aliphatic hydroxyl groups is 7. The van der Waals surface area contributed by atoms with Crippen molar-refractivity contribution in [2.45, 2.75) is 127 Å². The second-order valence-electron chi connectivity index (χ2n) is 13.3. The number of hydrogen-bond acceptors (Lipinski definition) is 8. The molecule has 0 bridgehead atoms. The van der Waals surface area contributed by atoms with Crippen molar-refractivity contribution in [3.05, 3.63) is 11.6 Å². The molecule has 3 unspecified atom stereocenters. The van der Waals surface area contributed by atoms with Crippen molar-refractivity contribution in [2.24, 2.45) is 22.7 Å². The summed E-state index contributed by atoms with van der Waals surface area (Å²) in [6.45, 7) is 8.58. The Kier molecular flexibility index (Phi) is 6.26. The quantitative estimate of drug-likeness (QED) is 0.297. The highest BCUT2D eigenvalue weighted by Crippen LogP contribution is 2.69. The zero-order valence-electron chi connectivity index (χ0n) is 21.7. The van der Waals surface area contributed by atoms with Gasteiger partial charge in [-0.3, -0.25) is 4.79 Å². The summed E-state index contributed by atoms with van der Waals surface area (Å²) in [4.78, 5) is 13.3. The maximum absolute atomic E-state index is 13.3. The van der Waals surface area contributed by atoms with Crippen molar-refractivity contribution in [1.29, 1.82) is 0 Å². The molecule has 4 rings (SSSR count). The Labute approximate surface area is 207 Å². The molecule has 200 valence electrons. The van der Waals surface area contributed by atoms with E-state index < -0.39 is 63.2 Å². The van der Waals surface area contributed by atoms with Crippen LogP contribution in [0.4, 0.5) is 0 Å². The zero-order chi connectivity index (χ0) is 26.4. The van der Waals surface area contributed by atoms with Gasteiger partial charge in [-0.1, -0.05) is 13.8 Å². The van der Waals surface area contributed by atoms with Gasteiger partial charge in [0.05, 0.1) is 35.1 Å². The van der Waals surface area contributed by atoms with E-state index in [0.29, 0.717) is 37.7 Å². The summed E-state index contributed by atoms with van der Waals surface area (Å²) in [5.41, 5.74) is -7.07. The van der Waals surface area contributed by atoms with Crippen molar-refractivity contribution in [3.8, 4) is 0 Å². The Bertz CT molecular complexity index is 907. The summed E-state index contributed by atoms with van der Waals surface area (Å²) in [6, 6.07) is 0. The fraction of sp³-hybridized carbons (Fsp3) is 0.889. The van der Waals surface area contributed by atoms with E-state index in [1.807, 2.05) is 6.92 Å². The summed E-state index contributed by atoms with van der Waals surface area (Å²) in [7, 11) is 0. The summed E-state index contributed by atoms with van der Waals surface area (Å²) in [6.07, 6.45) is 0.0884. The van der Waals surface area contributed by atoms with E-state index in [4.69, 9.17) is 0 Å². The van der Waals surface area contributed by atoms with Crippen molar-refractivity contribution in [1.82, 2.24) is 0 Å². The van der Waals surface area contributed by atoms with Crippen LogP contribution in [-0.2, 0) is 4.79 Å². The van der Waals surface area contributed by atoms with Crippen molar-refractivity contribution in [2.75, 3.05) is 0 Å². The Hall–Kier alpha value is -0.870. The normalized spacial score (nSPS) is 48.3. The first-order chi connectivity index (χ1) is 15.8. The highest BCUT2D eigenvalue weighted by Gasteiger charge is 2.71. The minimum atomic E-state index is -1.82. The van der Waals surface area contributed by atoms with Crippen LogP contribution < -0.4 is 0 Å². The lowest BCUT2D eigenvalue weighted by molar-refractivity contribution is -0.211. The van der Waals surface area contributed by atoms with Gasteiger partial charge >= 0.3 is 0 Å². The van der Waals surface area contributed by atoms with Gasteiger partial charge in [0.15, 0.2) is 5.78 Å². The molecule has 4 aliphatic rings. The molecular weight excluding hydrogens is 452 g/mol. The molecule has 0 aromatic heterocycles. The predicted molar refractivity (Wildman–Crippen MR) is 128 cm³/mol. The third-order valence-electron chi connectivity index (χ3n) is 10.7. The van der Waals surface area contributed by atoms with Crippen LogP contribution in [0.5, 0.6) is 0 Å². The molecule has 3 fully saturated rings. The van der Waals surface area contributed by atoms with Gasteiger partial charge in [-0.15, -0.1) is 0 Å². The maximum Gasteiger partial charge on any atom is 0.187 e. The highest BCUT2D eigenvalue weighted by atomic mass is 16.3. The number of fused-ring (bicyclic) bond motifs is 5. The van der Waals surface area contributed by atoms with E-state index in [1.54, 1.807) is 27.7 Å². The molecule has 3 saturated carbocycles. The molecule has 0 aromatic carbocycles. The van der Waals surface area contributed by atoms with Crippen LogP contribution in [0.25, 0.3) is 0 Å². The Morgan fingerprint density at radius 2 is 1.57 bits per heavy atom. The number of aliphatic hydroxyl groups excluding tert-OH is 3. The first-order valence-electron chi connectivity index (χ1n) is 13.0. The molecule has 0 heterocycles. The second-order valence-corrected chi connectivity index (χ2v) is 13.3. The van der Waals surface area contributed by atoms with Gasteiger partial charge in [-0.25, -0.2) is 0 Å². The number of rotatable bonds is 5. The molecule has 0 aromatic rings. The molecule has 10 atom stereocenters. The van der Waals surface area contributed by atoms with Crippen LogP contribution in [0.2, 0.25) is 0 Å². The van der Waals surface area contributed by atoms with Crippen LogP contribution in [-0.4, -0.2) is 82.2 Å². The number of hydrogen-bond donors (Lipinski definition) is 7. The Morgan fingerprint density at radius 1 is 0.971 bits per heavy atom. The second kappa shape index (κ2) is 8.06. The zero-order valence-corrected chi connectivity index (χ0v) is 21.7. The lowest BCUT2D eigenvalue weighted by Crippen LogP contribution is -2.69. The number of carbonyl (C=O) groups excluding carboxylic acids is 1. The number of ketones is 1. The van der Waals surface area contributed by atoms with Gasteiger partial charge in [0.25, 0.3) is 0 Å². The van der Waals surface area contributed by atoms with Gasteiger partial charge in [-0.05, 0) is 89.2 Å². The van der Waals surface area contributed by atoms with Crippen molar-refractivity contribution < 1.29 is 40.5 Å². The van der Waals surface area contributed by atoms with Gasteiger partial charge in [0, 0.05) is 17.3 Å². The van der Waals surface area contributed by atoms with Crippen LogP contribution >= 0.6 is 0 Å². The number of carbonyl (C=O) groups is 1. The molecule has 4 aliphatic carbocycles. The Balaban J connectivity index is 1.70. The summed E-state index contributed by atoms with van der Waals surface area (Å²) in [5.74, 6) is -1.38. The monoisotopic (exact) mass is 496 g/mol. The molecule has 0 radical (unpaired) electrons. The van der Waals surface area contributed by atoms with Crippen LogP contribution in [0.15, 0.2) is 11.6 Å². The van der Waals surface area contributed by atoms with Crippen LogP contribution in [0.1, 0.15) is 86.0 Å².